The molecule has 36 heavy (non-hydrogen) atoms. The van der Waals surface area contributed by atoms with Crippen LogP contribution < -0.4 is 16.0 Å². The third-order valence-corrected chi connectivity index (χ3v) is 6.19. The second-order valence-corrected chi connectivity index (χ2v) is 9.92. The summed E-state index contributed by atoms with van der Waals surface area (Å²) in [6.45, 7) is 9.48. The van der Waals surface area contributed by atoms with Gasteiger partial charge in [0.25, 0.3) is 5.91 Å². The number of hydrogen-bond donors (Lipinski definition) is 4. The van der Waals surface area contributed by atoms with Crippen molar-refractivity contribution in [1.29, 1.82) is 0 Å². The molecular formula is C25H30N10O. The van der Waals surface area contributed by atoms with Crippen LogP contribution in [-0.4, -0.2) is 47.6 Å². The van der Waals surface area contributed by atoms with E-state index in [2.05, 4.69) is 58.6 Å². The Bertz CT molecular complexity index is 1380. The van der Waals surface area contributed by atoms with Crippen molar-refractivity contribution in [3.63, 3.8) is 0 Å². The molecule has 0 radical (unpaired) electrons. The molecule has 0 saturated heterocycles. The van der Waals surface area contributed by atoms with Crippen molar-refractivity contribution in [1.82, 2.24) is 45.8 Å². The quantitative estimate of drug-likeness (QED) is 0.337. The predicted octanol–water partition coefficient (Wildman–Crippen LogP) is 3.23. The molecule has 0 aliphatic carbocycles. The van der Waals surface area contributed by atoms with Crippen LogP contribution in [0.4, 0.5) is 11.6 Å². The van der Waals surface area contributed by atoms with Crippen LogP contribution in [0.15, 0.2) is 42.9 Å². The number of H-pyrrole nitrogens is 1. The van der Waals surface area contributed by atoms with Crippen molar-refractivity contribution in [2.45, 2.75) is 52.2 Å². The number of aromatic amines is 1. The zero-order valence-electron chi connectivity index (χ0n) is 20.8. The Kier molecular flexibility index (Phi) is 6.23. The molecule has 3 aromatic heterocycles. The summed E-state index contributed by atoms with van der Waals surface area (Å²) in [6, 6.07) is 7.98. The van der Waals surface area contributed by atoms with Gasteiger partial charge in [0.1, 0.15) is 0 Å². The molecule has 0 spiro atoms. The lowest BCUT2D eigenvalue weighted by Gasteiger charge is -2.19. The van der Waals surface area contributed by atoms with E-state index in [1.54, 1.807) is 23.3 Å². The van der Waals surface area contributed by atoms with Gasteiger partial charge in [-0.2, -0.15) is 5.10 Å². The number of fused-ring (bicyclic) bond motifs is 1. The van der Waals surface area contributed by atoms with Crippen LogP contribution >= 0.6 is 0 Å². The second kappa shape index (κ2) is 9.50. The first-order valence-electron chi connectivity index (χ1n) is 12.0. The number of hydrogen-bond acceptors (Lipinski definition) is 8. The smallest absolute Gasteiger partial charge is 0.273 e. The maximum atomic E-state index is 13.0. The fraction of sp³-hybridized carbons (Fsp3) is 0.360. The molecule has 1 atom stereocenters. The standard InChI is InChI=1S/C25H30N10O/c1-15-21(13-28-32-15)31-24-27-10-8-19(30-24)16-5-6-18-17(11-16)12-26-9-7-20(18)29-23(36)22-14-35(34-33-22)25(2,3)4/h5-6,8,10-11,13-14,20,26H,7,9,12H2,1-4H3,(H,28,32)(H,29,36)(H,27,30,31). The van der Waals surface area contributed by atoms with E-state index < -0.39 is 0 Å². The summed E-state index contributed by atoms with van der Waals surface area (Å²) in [6.07, 6.45) is 5.91. The topological polar surface area (TPSA) is 138 Å². The Morgan fingerprint density at radius 2 is 2.08 bits per heavy atom. The molecule has 1 aliphatic rings. The van der Waals surface area contributed by atoms with Crippen molar-refractivity contribution in [2.75, 3.05) is 11.9 Å². The SMILES string of the molecule is Cc1[nH]ncc1Nc1nccc(-c2ccc3c(c2)CNCCC3NC(=O)c2cn(C(C)(C)C)nn2)n1. The zero-order valence-corrected chi connectivity index (χ0v) is 20.8. The van der Waals surface area contributed by atoms with Crippen LogP contribution in [-0.2, 0) is 12.1 Å². The molecule has 1 unspecified atom stereocenters. The number of carbonyl (C=O) groups excluding carboxylic acids is 1. The minimum absolute atomic E-state index is 0.136. The molecule has 1 aliphatic heterocycles. The average Bonchev–Trinajstić information content (AvgIpc) is 3.46. The number of carbonyl (C=O) groups is 1. The van der Waals surface area contributed by atoms with E-state index in [4.69, 9.17) is 0 Å². The Hall–Kier alpha value is -4.12. The lowest BCUT2D eigenvalue weighted by atomic mass is 9.96. The number of amides is 1. The number of aryl methyl sites for hydroxylation is 1. The van der Waals surface area contributed by atoms with Gasteiger partial charge in [0, 0.05) is 18.3 Å². The Labute approximate surface area is 209 Å². The van der Waals surface area contributed by atoms with Crippen molar-refractivity contribution in [2.24, 2.45) is 0 Å². The highest BCUT2D eigenvalue weighted by Crippen LogP contribution is 2.29. The van der Waals surface area contributed by atoms with Crippen LogP contribution in [0.5, 0.6) is 0 Å². The molecule has 4 N–H and O–H groups in total. The zero-order chi connectivity index (χ0) is 25.3. The van der Waals surface area contributed by atoms with E-state index in [1.165, 1.54) is 0 Å². The van der Waals surface area contributed by atoms with E-state index in [0.29, 0.717) is 18.2 Å². The van der Waals surface area contributed by atoms with E-state index >= 15 is 0 Å². The number of rotatable bonds is 5. The number of benzene rings is 1. The van der Waals surface area contributed by atoms with Crippen LogP contribution in [0.2, 0.25) is 0 Å². The van der Waals surface area contributed by atoms with Gasteiger partial charge in [-0.3, -0.25) is 9.89 Å². The largest absolute Gasteiger partial charge is 0.344 e. The van der Waals surface area contributed by atoms with Crippen molar-refractivity contribution in [3.05, 3.63) is 65.4 Å². The summed E-state index contributed by atoms with van der Waals surface area (Å²) < 4.78 is 1.70. The van der Waals surface area contributed by atoms with E-state index in [0.717, 1.165) is 46.7 Å². The average molecular weight is 487 g/mol. The van der Waals surface area contributed by atoms with Gasteiger partial charge < -0.3 is 16.0 Å². The molecule has 1 amide bonds. The Morgan fingerprint density at radius 3 is 2.83 bits per heavy atom. The van der Waals surface area contributed by atoms with Crippen LogP contribution in [0, 0.1) is 6.92 Å². The molecular weight excluding hydrogens is 456 g/mol. The molecule has 0 fully saturated rings. The summed E-state index contributed by atoms with van der Waals surface area (Å²) in [5, 5.41) is 24.9. The van der Waals surface area contributed by atoms with Gasteiger partial charge in [-0.25, -0.2) is 14.6 Å². The lowest BCUT2D eigenvalue weighted by molar-refractivity contribution is 0.0930. The minimum atomic E-state index is -0.242. The lowest BCUT2D eigenvalue weighted by Crippen LogP contribution is -2.30. The minimum Gasteiger partial charge on any atom is -0.344 e. The van der Waals surface area contributed by atoms with Crippen LogP contribution in [0.25, 0.3) is 11.3 Å². The first kappa shape index (κ1) is 23.6. The van der Waals surface area contributed by atoms with E-state index in [9.17, 15) is 4.79 Å². The van der Waals surface area contributed by atoms with Gasteiger partial charge in [-0.1, -0.05) is 17.3 Å². The molecule has 0 bridgehead atoms. The van der Waals surface area contributed by atoms with Gasteiger partial charge >= 0.3 is 0 Å². The number of aromatic nitrogens is 7. The van der Waals surface area contributed by atoms with Crippen LogP contribution in [0.3, 0.4) is 0 Å². The van der Waals surface area contributed by atoms with Crippen molar-refractivity contribution < 1.29 is 4.79 Å². The summed E-state index contributed by atoms with van der Waals surface area (Å²) in [7, 11) is 0. The molecule has 11 nitrogen and oxygen atoms in total. The van der Waals surface area contributed by atoms with E-state index in [1.807, 2.05) is 39.8 Å². The third-order valence-electron chi connectivity index (χ3n) is 6.19. The molecule has 1 aromatic carbocycles. The molecule has 0 saturated carbocycles. The molecule has 186 valence electrons. The number of anilines is 2. The normalized spacial score (nSPS) is 15.7. The highest BCUT2D eigenvalue weighted by molar-refractivity contribution is 5.92. The van der Waals surface area contributed by atoms with Gasteiger partial charge in [0.15, 0.2) is 5.69 Å². The number of nitrogens with one attached hydrogen (secondary N) is 4. The maximum absolute atomic E-state index is 13.0. The van der Waals surface area contributed by atoms with Gasteiger partial charge in [-0.15, -0.1) is 5.10 Å². The highest BCUT2D eigenvalue weighted by atomic mass is 16.2. The molecule has 4 heterocycles. The van der Waals surface area contributed by atoms with Gasteiger partial charge in [-0.05, 0) is 63.9 Å². The highest BCUT2D eigenvalue weighted by Gasteiger charge is 2.24. The fourth-order valence-electron chi connectivity index (χ4n) is 4.14. The van der Waals surface area contributed by atoms with Crippen molar-refractivity contribution in [3.8, 4) is 11.3 Å². The predicted molar refractivity (Wildman–Crippen MR) is 136 cm³/mol. The number of nitrogens with zero attached hydrogens (tertiary/aromatic N) is 6. The third kappa shape index (κ3) is 4.96. The first-order chi connectivity index (χ1) is 17.3. The summed E-state index contributed by atoms with van der Waals surface area (Å²) in [5.41, 5.74) is 5.80. The first-order valence-corrected chi connectivity index (χ1v) is 12.0. The van der Waals surface area contributed by atoms with Gasteiger partial charge in [0.05, 0.1) is 41.0 Å². The fourth-order valence-corrected chi connectivity index (χ4v) is 4.14. The summed E-state index contributed by atoms with van der Waals surface area (Å²) >= 11 is 0. The van der Waals surface area contributed by atoms with Crippen molar-refractivity contribution >= 4 is 17.5 Å². The summed E-state index contributed by atoms with van der Waals surface area (Å²) in [4.78, 5) is 22.0. The monoisotopic (exact) mass is 486 g/mol. The van der Waals surface area contributed by atoms with Crippen LogP contribution in [0.1, 0.15) is 60.5 Å². The van der Waals surface area contributed by atoms with Gasteiger partial charge in [0.2, 0.25) is 5.95 Å². The Balaban J connectivity index is 1.37. The molecule has 11 heteroatoms. The summed E-state index contributed by atoms with van der Waals surface area (Å²) in [5.74, 6) is 0.270. The molecule has 4 aromatic rings. The maximum Gasteiger partial charge on any atom is 0.273 e. The second-order valence-electron chi connectivity index (χ2n) is 9.92. The molecule has 5 rings (SSSR count). The van der Waals surface area contributed by atoms with E-state index in [-0.39, 0.29) is 17.5 Å². The Morgan fingerprint density at radius 1 is 1.22 bits per heavy atom.